The van der Waals surface area contributed by atoms with E-state index in [4.69, 9.17) is 5.73 Å². The van der Waals surface area contributed by atoms with Gasteiger partial charge in [-0.25, -0.2) is 9.50 Å². The zero-order chi connectivity index (χ0) is 15.5. The van der Waals surface area contributed by atoms with Crippen molar-refractivity contribution < 1.29 is 4.79 Å². The molecule has 1 aliphatic rings. The molecule has 22 heavy (non-hydrogen) atoms. The fraction of sp³-hybridized carbons (Fsp3) is 0.600. The highest BCUT2D eigenvalue weighted by Crippen LogP contribution is 2.26. The van der Waals surface area contributed by atoms with Crippen molar-refractivity contribution in [1.82, 2.24) is 24.9 Å². The summed E-state index contributed by atoms with van der Waals surface area (Å²) in [4.78, 5) is 20.7. The number of fused-ring (bicyclic) bond motifs is 1. The van der Waals surface area contributed by atoms with E-state index in [1.165, 1.54) is 19.3 Å². The van der Waals surface area contributed by atoms with E-state index in [1.54, 1.807) is 10.7 Å². The first-order valence-electron chi connectivity index (χ1n) is 7.88. The van der Waals surface area contributed by atoms with Crippen LogP contribution in [0.1, 0.15) is 48.4 Å². The molecule has 0 saturated heterocycles. The lowest BCUT2D eigenvalue weighted by atomic mass is 9.84. The molecule has 1 fully saturated rings. The summed E-state index contributed by atoms with van der Waals surface area (Å²) < 4.78 is 1.58. The molecule has 2 heterocycles. The van der Waals surface area contributed by atoms with Crippen LogP contribution in [0.5, 0.6) is 0 Å². The van der Waals surface area contributed by atoms with Gasteiger partial charge in [-0.2, -0.15) is 4.98 Å². The number of aromatic nitrogens is 4. The van der Waals surface area contributed by atoms with Crippen LogP contribution in [0.15, 0.2) is 12.3 Å². The summed E-state index contributed by atoms with van der Waals surface area (Å²) in [7, 11) is 0. The first-order valence-corrected chi connectivity index (χ1v) is 7.88. The van der Waals surface area contributed by atoms with E-state index in [0.717, 1.165) is 18.5 Å². The Morgan fingerprint density at radius 2 is 2.23 bits per heavy atom. The summed E-state index contributed by atoms with van der Waals surface area (Å²) in [6.07, 6.45) is 7.62. The molecule has 1 atom stereocenters. The summed E-state index contributed by atoms with van der Waals surface area (Å²) in [5.41, 5.74) is 6.74. The molecule has 2 aromatic rings. The molecule has 1 aliphatic carbocycles. The van der Waals surface area contributed by atoms with Gasteiger partial charge in [-0.15, -0.1) is 5.10 Å². The number of nitrogens with one attached hydrogen (secondary N) is 1. The summed E-state index contributed by atoms with van der Waals surface area (Å²) in [5, 5.41) is 7.24. The van der Waals surface area contributed by atoms with Crippen molar-refractivity contribution in [1.29, 1.82) is 0 Å². The quantitative estimate of drug-likeness (QED) is 0.880. The number of rotatable bonds is 4. The number of hydrogen-bond donors (Lipinski definition) is 2. The molecule has 118 valence electrons. The van der Waals surface area contributed by atoms with Gasteiger partial charge < -0.3 is 11.1 Å². The topological polar surface area (TPSA) is 98.2 Å². The van der Waals surface area contributed by atoms with Crippen LogP contribution < -0.4 is 11.1 Å². The van der Waals surface area contributed by atoms with Crippen LogP contribution >= 0.6 is 0 Å². The fourth-order valence-corrected chi connectivity index (χ4v) is 3.14. The van der Waals surface area contributed by atoms with E-state index >= 15 is 0 Å². The predicted molar refractivity (Wildman–Crippen MR) is 82.4 cm³/mol. The molecule has 2 aromatic heterocycles. The Bertz CT molecular complexity index is 661. The van der Waals surface area contributed by atoms with Crippen molar-refractivity contribution in [3.8, 4) is 0 Å². The van der Waals surface area contributed by atoms with Crippen LogP contribution in [0.3, 0.4) is 0 Å². The molecule has 3 rings (SSSR count). The average Bonchev–Trinajstić information content (AvgIpc) is 2.99. The van der Waals surface area contributed by atoms with Gasteiger partial charge in [0.15, 0.2) is 0 Å². The van der Waals surface area contributed by atoms with Crippen LogP contribution in [0, 0.1) is 12.8 Å². The Kier molecular flexibility index (Phi) is 4.33. The van der Waals surface area contributed by atoms with Gasteiger partial charge in [-0.1, -0.05) is 19.3 Å². The largest absolute Gasteiger partial charge is 0.345 e. The molecule has 0 aromatic carbocycles. The maximum atomic E-state index is 12.4. The van der Waals surface area contributed by atoms with Crippen molar-refractivity contribution in [2.24, 2.45) is 11.7 Å². The van der Waals surface area contributed by atoms with E-state index in [9.17, 15) is 4.79 Å². The van der Waals surface area contributed by atoms with Crippen LogP contribution in [0.4, 0.5) is 0 Å². The van der Waals surface area contributed by atoms with E-state index < -0.39 is 0 Å². The lowest BCUT2D eigenvalue weighted by molar-refractivity contribution is 0.0905. The highest BCUT2D eigenvalue weighted by molar-refractivity contribution is 5.91. The van der Waals surface area contributed by atoms with Crippen LogP contribution in [-0.4, -0.2) is 38.1 Å². The number of amides is 1. The third-order valence-electron chi connectivity index (χ3n) is 4.42. The molecule has 7 heteroatoms. The summed E-state index contributed by atoms with van der Waals surface area (Å²) >= 11 is 0. The smallest absolute Gasteiger partial charge is 0.291 e. The molecule has 0 spiro atoms. The molecule has 0 bridgehead atoms. The SMILES string of the molecule is Cc1ccnc2nc(C(=O)NC(CN)C3CCCCC3)nn12. The molecule has 1 saturated carbocycles. The second kappa shape index (κ2) is 6.39. The summed E-state index contributed by atoms with van der Waals surface area (Å²) in [6, 6.07) is 1.82. The third kappa shape index (κ3) is 2.94. The third-order valence-corrected chi connectivity index (χ3v) is 4.42. The first kappa shape index (κ1) is 14.9. The van der Waals surface area contributed by atoms with Gasteiger partial charge in [0.25, 0.3) is 11.7 Å². The number of hydrogen-bond acceptors (Lipinski definition) is 5. The maximum absolute atomic E-state index is 12.4. The van der Waals surface area contributed by atoms with Crippen molar-refractivity contribution in [3.63, 3.8) is 0 Å². The Morgan fingerprint density at radius 1 is 1.45 bits per heavy atom. The van der Waals surface area contributed by atoms with Gasteiger partial charge in [0.05, 0.1) is 0 Å². The molecular weight excluding hydrogens is 280 g/mol. The number of nitrogens with two attached hydrogens (primary N) is 1. The van der Waals surface area contributed by atoms with Gasteiger partial charge in [0.2, 0.25) is 5.82 Å². The molecule has 7 nitrogen and oxygen atoms in total. The van der Waals surface area contributed by atoms with Crippen molar-refractivity contribution in [2.75, 3.05) is 6.54 Å². The Morgan fingerprint density at radius 3 is 2.91 bits per heavy atom. The highest BCUT2D eigenvalue weighted by Gasteiger charge is 2.25. The standard InChI is InChI=1S/C15H22N6O/c1-10-7-8-17-15-19-13(20-21(10)15)14(22)18-12(9-16)11-5-3-2-4-6-11/h7-8,11-12H,2-6,9,16H2,1H3,(H,18,22). The molecular formula is C15H22N6O. The normalized spacial score (nSPS) is 17.5. The van der Waals surface area contributed by atoms with E-state index in [2.05, 4.69) is 20.4 Å². The highest BCUT2D eigenvalue weighted by atomic mass is 16.2. The van der Waals surface area contributed by atoms with Crippen molar-refractivity contribution in [3.05, 3.63) is 23.8 Å². The number of nitrogens with zero attached hydrogens (tertiary/aromatic N) is 4. The minimum atomic E-state index is -0.272. The van der Waals surface area contributed by atoms with Gasteiger partial charge in [0, 0.05) is 24.5 Å². The zero-order valence-corrected chi connectivity index (χ0v) is 12.8. The fourth-order valence-electron chi connectivity index (χ4n) is 3.14. The number of carbonyl (C=O) groups excluding carboxylic acids is 1. The van der Waals surface area contributed by atoms with Gasteiger partial charge >= 0.3 is 0 Å². The van der Waals surface area contributed by atoms with Gasteiger partial charge in [-0.05, 0) is 31.7 Å². The molecule has 1 amide bonds. The second-order valence-electron chi connectivity index (χ2n) is 5.95. The zero-order valence-electron chi connectivity index (χ0n) is 12.8. The van der Waals surface area contributed by atoms with Gasteiger partial charge in [-0.3, -0.25) is 4.79 Å². The Labute approximate surface area is 129 Å². The lowest BCUT2D eigenvalue weighted by Gasteiger charge is -2.29. The first-order chi connectivity index (χ1) is 10.7. The minimum absolute atomic E-state index is 0.00605. The van der Waals surface area contributed by atoms with Crippen LogP contribution in [0.2, 0.25) is 0 Å². The van der Waals surface area contributed by atoms with Crippen molar-refractivity contribution >= 4 is 11.7 Å². The van der Waals surface area contributed by atoms with E-state index in [1.807, 2.05) is 13.0 Å². The molecule has 0 radical (unpaired) electrons. The maximum Gasteiger partial charge on any atom is 0.291 e. The molecule has 1 unspecified atom stereocenters. The second-order valence-corrected chi connectivity index (χ2v) is 5.95. The summed E-state index contributed by atoms with van der Waals surface area (Å²) in [5.74, 6) is 0.772. The molecule has 3 N–H and O–H groups in total. The average molecular weight is 302 g/mol. The van der Waals surface area contributed by atoms with Crippen LogP contribution in [-0.2, 0) is 0 Å². The Balaban J connectivity index is 1.75. The lowest BCUT2D eigenvalue weighted by Crippen LogP contribution is -2.46. The van der Waals surface area contributed by atoms with Crippen LogP contribution in [0.25, 0.3) is 5.78 Å². The number of carbonyl (C=O) groups is 1. The van der Waals surface area contributed by atoms with Gasteiger partial charge in [0.1, 0.15) is 0 Å². The van der Waals surface area contributed by atoms with Crippen molar-refractivity contribution in [2.45, 2.75) is 45.1 Å². The monoisotopic (exact) mass is 302 g/mol. The van der Waals surface area contributed by atoms with E-state index in [0.29, 0.717) is 18.2 Å². The molecule has 0 aliphatic heterocycles. The predicted octanol–water partition coefficient (Wildman–Crippen LogP) is 1.07. The Hall–Kier alpha value is -2.02. The summed E-state index contributed by atoms with van der Waals surface area (Å²) in [6.45, 7) is 2.34. The number of aryl methyl sites for hydroxylation is 1. The van der Waals surface area contributed by atoms with E-state index in [-0.39, 0.29) is 17.8 Å². The minimum Gasteiger partial charge on any atom is -0.345 e.